The van der Waals surface area contributed by atoms with E-state index in [1.165, 1.54) is 12.1 Å². The van der Waals surface area contributed by atoms with Gasteiger partial charge in [-0.05, 0) is 81.2 Å². The molecule has 0 spiro atoms. The van der Waals surface area contributed by atoms with Gasteiger partial charge in [-0.25, -0.2) is 23.1 Å². The minimum absolute atomic E-state index is 0.0664. The summed E-state index contributed by atoms with van der Waals surface area (Å²) in [5.74, 6) is 0.861. The SMILES string of the molecule is Cc1cccc(C)c1-c1cc2nc(n1)NS(=O)(=O)c1cccc(c1)C(=O)N(Cc1ccc(N(C)CCN(C)C)nc1)[C@H](CC(C)C)CO2. The Balaban J connectivity index is 1.57. The predicted molar refractivity (Wildman–Crippen MR) is 189 cm³/mol. The number of aromatic nitrogens is 3. The highest BCUT2D eigenvalue weighted by atomic mass is 32.2. The molecule has 1 aliphatic heterocycles. The van der Waals surface area contributed by atoms with Crippen molar-refractivity contribution in [1.29, 1.82) is 0 Å². The first-order valence-electron chi connectivity index (χ1n) is 16.1. The second-order valence-corrected chi connectivity index (χ2v) is 14.8. The summed E-state index contributed by atoms with van der Waals surface area (Å²) < 4.78 is 36.2. The van der Waals surface area contributed by atoms with Gasteiger partial charge in [-0.3, -0.25) is 4.79 Å². The number of carbonyl (C=O) groups is 1. The van der Waals surface area contributed by atoms with Gasteiger partial charge in [0, 0.05) is 50.1 Å². The molecule has 4 bridgehead atoms. The molecule has 0 saturated heterocycles. The van der Waals surface area contributed by atoms with Crippen molar-refractivity contribution in [3.63, 3.8) is 0 Å². The lowest BCUT2D eigenvalue weighted by molar-refractivity contribution is 0.0553. The van der Waals surface area contributed by atoms with Gasteiger partial charge >= 0.3 is 0 Å². The number of pyridine rings is 1. The Kier molecular flexibility index (Phi) is 10.6. The van der Waals surface area contributed by atoms with Crippen molar-refractivity contribution in [2.75, 3.05) is 50.5 Å². The number of nitrogens with one attached hydrogen (secondary N) is 1. The fourth-order valence-corrected chi connectivity index (χ4v) is 6.80. The number of sulfonamides is 1. The zero-order valence-corrected chi connectivity index (χ0v) is 29.6. The molecule has 12 heteroatoms. The van der Waals surface area contributed by atoms with Crippen molar-refractivity contribution in [2.45, 2.75) is 51.6 Å². The number of fused-ring (bicyclic) bond motifs is 4. The second-order valence-electron chi connectivity index (χ2n) is 13.1. The first-order chi connectivity index (χ1) is 22.8. The highest BCUT2D eigenvalue weighted by Gasteiger charge is 2.29. The van der Waals surface area contributed by atoms with Gasteiger partial charge in [0.1, 0.15) is 12.4 Å². The molecule has 0 aliphatic carbocycles. The van der Waals surface area contributed by atoms with E-state index >= 15 is 0 Å². The summed E-state index contributed by atoms with van der Waals surface area (Å²) in [5.41, 5.74) is 4.47. The molecular weight excluding hydrogens is 627 g/mol. The van der Waals surface area contributed by atoms with Crippen molar-refractivity contribution < 1.29 is 17.9 Å². The molecule has 11 nitrogen and oxygen atoms in total. The van der Waals surface area contributed by atoms with E-state index in [2.05, 4.69) is 38.3 Å². The van der Waals surface area contributed by atoms with Crippen LogP contribution in [0, 0.1) is 19.8 Å². The molecule has 0 unspecified atom stereocenters. The average Bonchev–Trinajstić information content (AvgIpc) is 3.04. The van der Waals surface area contributed by atoms with Crippen molar-refractivity contribution >= 4 is 27.7 Å². The van der Waals surface area contributed by atoms with Crippen LogP contribution in [0.3, 0.4) is 0 Å². The summed E-state index contributed by atoms with van der Waals surface area (Å²) in [6, 6.07) is 17.3. The van der Waals surface area contributed by atoms with E-state index in [0.717, 1.165) is 41.2 Å². The van der Waals surface area contributed by atoms with Crippen LogP contribution in [0.4, 0.5) is 11.8 Å². The van der Waals surface area contributed by atoms with Gasteiger partial charge in [0.15, 0.2) is 0 Å². The molecule has 254 valence electrons. The summed E-state index contributed by atoms with van der Waals surface area (Å²) in [5, 5.41) is 0. The lowest BCUT2D eigenvalue weighted by atomic mass is 10.00. The maximum atomic E-state index is 14.3. The largest absolute Gasteiger partial charge is 0.475 e. The third kappa shape index (κ3) is 8.29. The lowest BCUT2D eigenvalue weighted by Gasteiger charge is -2.33. The number of carbonyl (C=O) groups excluding carboxylic acids is 1. The Morgan fingerprint density at radius 1 is 0.979 bits per heavy atom. The van der Waals surface area contributed by atoms with Gasteiger partial charge in [-0.15, -0.1) is 0 Å². The molecule has 48 heavy (non-hydrogen) atoms. The summed E-state index contributed by atoms with van der Waals surface area (Å²) in [6.07, 6.45) is 2.43. The quantitative estimate of drug-likeness (QED) is 0.249. The maximum absolute atomic E-state index is 14.3. The van der Waals surface area contributed by atoms with Crippen LogP contribution in [0.5, 0.6) is 5.88 Å². The average molecular weight is 672 g/mol. The first kappa shape index (κ1) is 34.8. The predicted octanol–water partition coefficient (Wildman–Crippen LogP) is 5.40. The molecule has 2 aromatic carbocycles. The highest BCUT2D eigenvalue weighted by molar-refractivity contribution is 7.92. The van der Waals surface area contributed by atoms with Crippen molar-refractivity contribution in [3.8, 4) is 17.1 Å². The molecule has 1 aliphatic rings. The number of aryl methyl sites for hydroxylation is 2. The molecule has 0 saturated carbocycles. The Hall–Kier alpha value is -4.55. The Morgan fingerprint density at radius 2 is 1.71 bits per heavy atom. The van der Waals surface area contributed by atoms with E-state index in [1.54, 1.807) is 29.3 Å². The third-order valence-electron chi connectivity index (χ3n) is 8.36. The van der Waals surface area contributed by atoms with E-state index in [4.69, 9.17) is 9.72 Å². The van der Waals surface area contributed by atoms with Crippen LogP contribution in [0.1, 0.15) is 47.3 Å². The second kappa shape index (κ2) is 14.7. The molecule has 4 aromatic rings. The number of likely N-dealkylation sites (N-methyl/N-ethyl adjacent to an activating group) is 2. The Morgan fingerprint density at radius 3 is 2.38 bits per heavy atom. The first-order valence-corrected chi connectivity index (χ1v) is 17.6. The minimum Gasteiger partial charge on any atom is -0.475 e. The molecule has 1 N–H and O–H groups in total. The zero-order valence-electron chi connectivity index (χ0n) is 28.8. The van der Waals surface area contributed by atoms with Crippen LogP contribution in [0.25, 0.3) is 11.3 Å². The lowest BCUT2D eigenvalue weighted by Crippen LogP contribution is -2.44. The van der Waals surface area contributed by atoms with Crippen LogP contribution in [0.15, 0.2) is 71.8 Å². The summed E-state index contributed by atoms with van der Waals surface area (Å²) in [4.78, 5) is 34.0. The van der Waals surface area contributed by atoms with Crippen LogP contribution in [-0.2, 0) is 16.6 Å². The monoisotopic (exact) mass is 671 g/mol. The third-order valence-corrected chi connectivity index (χ3v) is 9.69. The summed E-state index contributed by atoms with van der Waals surface area (Å²) in [6.45, 7) is 10.3. The fourth-order valence-electron chi connectivity index (χ4n) is 5.81. The van der Waals surface area contributed by atoms with Crippen LogP contribution in [-0.4, -0.2) is 86.0 Å². The van der Waals surface area contributed by atoms with Crippen molar-refractivity contribution in [2.24, 2.45) is 5.92 Å². The Bertz CT molecular complexity index is 1840. The summed E-state index contributed by atoms with van der Waals surface area (Å²) in [7, 11) is 1.92. The van der Waals surface area contributed by atoms with Crippen molar-refractivity contribution in [1.82, 2.24) is 24.8 Å². The maximum Gasteiger partial charge on any atom is 0.264 e. The number of hydrogen-bond acceptors (Lipinski definition) is 9. The fraction of sp³-hybridized carbons (Fsp3) is 0.389. The smallest absolute Gasteiger partial charge is 0.264 e. The molecular formula is C36H45N7O4S. The normalized spacial score (nSPS) is 16.1. The number of amides is 1. The highest BCUT2D eigenvalue weighted by Crippen LogP contribution is 2.30. The van der Waals surface area contributed by atoms with E-state index in [0.29, 0.717) is 12.1 Å². The van der Waals surface area contributed by atoms with Gasteiger partial charge in [-0.2, -0.15) is 4.98 Å². The van der Waals surface area contributed by atoms with Crippen LogP contribution >= 0.6 is 0 Å². The topological polar surface area (TPSA) is 121 Å². The number of hydrogen-bond donors (Lipinski definition) is 1. The number of nitrogens with zero attached hydrogens (tertiary/aromatic N) is 6. The molecule has 1 amide bonds. The molecule has 3 heterocycles. The number of rotatable bonds is 9. The van der Waals surface area contributed by atoms with Crippen molar-refractivity contribution in [3.05, 3.63) is 89.1 Å². The van der Waals surface area contributed by atoms with E-state index in [-0.39, 0.29) is 53.3 Å². The van der Waals surface area contributed by atoms with Gasteiger partial charge in [-0.1, -0.05) is 44.2 Å². The molecule has 0 fully saturated rings. The van der Waals surface area contributed by atoms with E-state index in [9.17, 15) is 13.2 Å². The number of anilines is 2. The van der Waals surface area contributed by atoms with Crippen LogP contribution in [0.2, 0.25) is 0 Å². The van der Waals surface area contributed by atoms with Crippen LogP contribution < -0.4 is 14.4 Å². The number of benzene rings is 2. The molecule has 0 radical (unpaired) electrons. The van der Waals surface area contributed by atoms with Gasteiger partial charge in [0.05, 0.1) is 16.6 Å². The molecule has 1 atom stereocenters. The minimum atomic E-state index is -4.15. The summed E-state index contributed by atoms with van der Waals surface area (Å²) >= 11 is 0. The van der Waals surface area contributed by atoms with E-state index < -0.39 is 10.0 Å². The zero-order chi connectivity index (χ0) is 34.6. The number of ether oxygens (including phenoxy) is 1. The molecule has 5 rings (SSSR count). The van der Waals surface area contributed by atoms with Gasteiger partial charge in [0.2, 0.25) is 11.8 Å². The standard InChI is InChI=1S/C36H45N7O4S/c1-24(2)18-29-23-47-33-20-31(34-25(3)10-8-11-26(34)4)38-36(39-33)40-48(45,46)30-13-9-12-28(19-30)35(44)43(29)22-27-14-15-32(37-21-27)42(7)17-16-41(5)6/h8-15,19-21,24,29H,16-18,22-23H2,1-7H3,(H,38,39,40)/t29-/m1/s1. The van der Waals surface area contributed by atoms with E-state index in [1.807, 2.05) is 65.3 Å². The Labute approximate surface area is 284 Å². The van der Waals surface area contributed by atoms with Gasteiger partial charge in [0.25, 0.3) is 15.9 Å². The molecule has 2 aromatic heterocycles. The van der Waals surface area contributed by atoms with Gasteiger partial charge < -0.3 is 19.4 Å².